The normalized spacial score (nSPS) is 23.2. The molecule has 2 nitrogen and oxygen atoms in total. The van der Waals surface area contributed by atoms with Crippen LogP contribution < -0.4 is 20.6 Å². The number of nitrogens with zero attached hydrogens (tertiary/aromatic N) is 2. The van der Waals surface area contributed by atoms with E-state index in [1.807, 2.05) is 0 Å². The second kappa shape index (κ2) is 13.4. The molecule has 3 aliphatic carbocycles. The molecule has 6 aliphatic rings. The molecule has 6 aromatic rings. The van der Waals surface area contributed by atoms with E-state index in [4.69, 9.17) is 0 Å². The van der Waals surface area contributed by atoms with E-state index >= 15 is 0 Å². The summed E-state index contributed by atoms with van der Waals surface area (Å²) >= 11 is 0. The molecule has 0 aromatic heterocycles. The Bertz CT molecular complexity index is 3150. The van der Waals surface area contributed by atoms with Crippen LogP contribution in [-0.4, -0.2) is 12.4 Å². The minimum atomic E-state index is -0.168. The number of rotatable bonds is 2. The minimum Gasteiger partial charge on any atom is -0.376 e. The van der Waals surface area contributed by atoms with Crippen LogP contribution in [0.1, 0.15) is 180 Å². The molecule has 2 atom stereocenters. The van der Waals surface area contributed by atoms with Crippen molar-refractivity contribution in [3.8, 4) is 33.4 Å². The first kappa shape index (κ1) is 43.3. The number of para-hydroxylation sites is 1. The fourth-order valence-corrected chi connectivity index (χ4v) is 14.7. The van der Waals surface area contributed by atoms with E-state index < -0.39 is 0 Å². The number of aryl methyl sites for hydroxylation is 1. The average Bonchev–Trinajstić information content (AvgIpc) is 3.63. The predicted octanol–water partition coefficient (Wildman–Crippen LogP) is 15.9. The molecule has 3 heterocycles. The maximum atomic E-state index is 2.94. The fraction of sp³-hybridized carbons (Fsp3) is 0.438. The lowest BCUT2D eigenvalue weighted by molar-refractivity contribution is 0.195. The van der Waals surface area contributed by atoms with Gasteiger partial charge in [-0.3, -0.25) is 0 Å². The third-order valence-corrected chi connectivity index (χ3v) is 19.1. The summed E-state index contributed by atoms with van der Waals surface area (Å²) in [6.45, 7) is 37.0. The molecule has 1 fully saturated rings. The second-order valence-corrected chi connectivity index (χ2v) is 26.4. The summed E-state index contributed by atoms with van der Waals surface area (Å²) < 4.78 is 0. The summed E-state index contributed by atoms with van der Waals surface area (Å²) in [4.78, 5) is 5.81. The molecule has 0 saturated heterocycles. The standard InChI is InChI=1S/C64H73BN2/c1-38-22-16-19-25-52(38)67-56-42(26-27-46-54(56)44-36-48-49(37-47(44)62(46,12)13)61(10,11)31-30-60(48,8)9)43-32-39(41-23-17-18-24-45(41)59(5,6)7)33-53-55(43)65(67)51-35-40(58(2,3)4)34-50-57(51)66(53)64(15)29-21-20-28-63(50,64)14/h16-19,22-27,32-37H,20-21,28-31H2,1-15H3. The molecule has 0 amide bonds. The topological polar surface area (TPSA) is 6.48 Å². The first-order valence-electron chi connectivity index (χ1n) is 25.9. The highest BCUT2D eigenvalue weighted by atomic mass is 15.3. The van der Waals surface area contributed by atoms with Gasteiger partial charge in [0.25, 0.3) is 0 Å². The molecule has 0 radical (unpaired) electrons. The van der Waals surface area contributed by atoms with Crippen molar-refractivity contribution in [1.29, 1.82) is 0 Å². The second-order valence-electron chi connectivity index (χ2n) is 26.4. The van der Waals surface area contributed by atoms with Crippen LogP contribution in [0.3, 0.4) is 0 Å². The Morgan fingerprint density at radius 2 is 1.19 bits per heavy atom. The van der Waals surface area contributed by atoms with Gasteiger partial charge in [0, 0.05) is 44.7 Å². The Morgan fingerprint density at radius 1 is 0.522 bits per heavy atom. The molecule has 3 heteroatoms. The highest BCUT2D eigenvalue weighted by molar-refractivity contribution is 6.94. The van der Waals surface area contributed by atoms with Gasteiger partial charge in [-0.1, -0.05) is 176 Å². The van der Waals surface area contributed by atoms with Crippen LogP contribution >= 0.6 is 0 Å². The van der Waals surface area contributed by atoms with Crippen LogP contribution in [-0.2, 0) is 32.5 Å². The smallest absolute Gasteiger partial charge is 0.333 e. The van der Waals surface area contributed by atoms with E-state index in [9.17, 15) is 0 Å². The number of anilines is 4. The van der Waals surface area contributed by atoms with Gasteiger partial charge in [0.1, 0.15) is 0 Å². The predicted molar refractivity (Wildman–Crippen MR) is 289 cm³/mol. The summed E-state index contributed by atoms with van der Waals surface area (Å²) in [7, 11) is 0. The molecule has 342 valence electrons. The van der Waals surface area contributed by atoms with Crippen molar-refractivity contribution in [2.75, 3.05) is 9.71 Å². The number of hydrogen-bond donors (Lipinski definition) is 0. The van der Waals surface area contributed by atoms with Gasteiger partial charge >= 0.3 is 6.85 Å². The SMILES string of the molecule is Cc1ccccc1N1B2c3cc(C(C)(C)C)cc4c3N(c3cc(-c5ccccc5C(C)(C)C)cc(c32)-c2ccc3c(c21)-c1cc2c(cc1C3(C)C)C(C)(C)CCC2(C)C)C1(C)CCCCC41C. The highest BCUT2D eigenvalue weighted by Crippen LogP contribution is 2.65. The largest absolute Gasteiger partial charge is 0.376 e. The molecule has 3 aliphatic heterocycles. The van der Waals surface area contributed by atoms with E-state index in [-0.39, 0.29) is 44.9 Å². The van der Waals surface area contributed by atoms with Crippen molar-refractivity contribution in [1.82, 2.24) is 0 Å². The fourth-order valence-electron chi connectivity index (χ4n) is 14.7. The van der Waals surface area contributed by atoms with E-state index in [1.54, 1.807) is 16.7 Å². The molecule has 67 heavy (non-hydrogen) atoms. The molecule has 12 rings (SSSR count). The van der Waals surface area contributed by atoms with Crippen LogP contribution in [0.2, 0.25) is 0 Å². The third kappa shape index (κ3) is 5.58. The zero-order valence-corrected chi connectivity index (χ0v) is 43.5. The first-order valence-corrected chi connectivity index (χ1v) is 25.9. The molecule has 2 unspecified atom stereocenters. The average molecular weight is 881 g/mol. The van der Waals surface area contributed by atoms with E-state index in [2.05, 4.69) is 211 Å². The van der Waals surface area contributed by atoms with Crippen molar-refractivity contribution >= 4 is 40.5 Å². The molecule has 0 N–H and O–H groups in total. The van der Waals surface area contributed by atoms with Crippen LogP contribution in [0.25, 0.3) is 33.4 Å². The summed E-state index contributed by atoms with van der Waals surface area (Å²) in [5.41, 5.74) is 28.6. The van der Waals surface area contributed by atoms with E-state index in [1.165, 1.54) is 133 Å². The summed E-state index contributed by atoms with van der Waals surface area (Å²) in [6, 6.07) is 39.7. The van der Waals surface area contributed by atoms with Crippen molar-refractivity contribution in [2.45, 2.75) is 180 Å². The number of fused-ring (bicyclic) bond motifs is 12. The first-order chi connectivity index (χ1) is 31.4. The zero-order valence-electron chi connectivity index (χ0n) is 43.5. The lowest BCUT2D eigenvalue weighted by Crippen LogP contribution is -2.65. The van der Waals surface area contributed by atoms with Crippen LogP contribution in [0.4, 0.5) is 22.7 Å². The Kier molecular flexibility index (Phi) is 8.65. The van der Waals surface area contributed by atoms with Gasteiger partial charge in [-0.25, -0.2) is 0 Å². The van der Waals surface area contributed by atoms with Gasteiger partial charge < -0.3 is 9.71 Å². The van der Waals surface area contributed by atoms with E-state index in [0.717, 1.165) is 0 Å². The quantitative estimate of drug-likeness (QED) is 0.160. The molecule has 0 spiro atoms. The zero-order chi connectivity index (χ0) is 47.3. The highest BCUT2D eigenvalue weighted by Gasteiger charge is 2.62. The summed E-state index contributed by atoms with van der Waals surface area (Å²) in [5.74, 6) is 0. The molecule has 1 saturated carbocycles. The summed E-state index contributed by atoms with van der Waals surface area (Å²) in [5, 5.41) is 0. The maximum Gasteiger partial charge on any atom is 0.333 e. The summed E-state index contributed by atoms with van der Waals surface area (Å²) in [6.07, 6.45) is 7.33. The lowest BCUT2D eigenvalue weighted by atomic mass is 9.42. The van der Waals surface area contributed by atoms with Crippen molar-refractivity contribution in [2.24, 2.45) is 0 Å². The van der Waals surface area contributed by atoms with Crippen LogP contribution in [0, 0.1) is 6.92 Å². The Balaban J connectivity index is 1.28. The Morgan fingerprint density at radius 3 is 1.90 bits per heavy atom. The third-order valence-electron chi connectivity index (χ3n) is 19.1. The van der Waals surface area contributed by atoms with Crippen LogP contribution in [0.5, 0.6) is 0 Å². The van der Waals surface area contributed by atoms with Gasteiger partial charge in [-0.2, -0.15) is 0 Å². The van der Waals surface area contributed by atoms with Crippen molar-refractivity contribution in [3.63, 3.8) is 0 Å². The molecule has 6 aromatic carbocycles. The number of hydrogen-bond acceptors (Lipinski definition) is 2. The molecule has 0 bridgehead atoms. The van der Waals surface area contributed by atoms with Gasteiger partial charge in [0.2, 0.25) is 0 Å². The minimum absolute atomic E-state index is 0.000517. The Hall–Kier alpha value is -5.02. The Labute approximate surface area is 403 Å². The van der Waals surface area contributed by atoms with Gasteiger partial charge in [-0.05, 0) is 163 Å². The van der Waals surface area contributed by atoms with Gasteiger partial charge in [0.15, 0.2) is 0 Å². The van der Waals surface area contributed by atoms with Gasteiger partial charge in [0.05, 0.1) is 5.54 Å². The van der Waals surface area contributed by atoms with Crippen molar-refractivity contribution < 1.29 is 0 Å². The van der Waals surface area contributed by atoms with Crippen molar-refractivity contribution in [3.05, 3.63) is 142 Å². The number of benzene rings is 6. The molecular weight excluding hydrogens is 808 g/mol. The van der Waals surface area contributed by atoms with Crippen LogP contribution in [0.15, 0.2) is 97.1 Å². The monoisotopic (exact) mass is 881 g/mol. The molecular formula is C64H73BN2. The van der Waals surface area contributed by atoms with E-state index in [0.29, 0.717) is 0 Å². The lowest BCUT2D eigenvalue weighted by Gasteiger charge is -2.53. The van der Waals surface area contributed by atoms with Gasteiger partial charge in [-0.15, -0.1) is 0 Å². The maximum absolute atomic E-state index is 2.94.